The van der Waals surface area contributed by atoms with Crippen LogP contribution in [0.4, 0.5) is 17.6 Å². The minimum atomic E-state index is -4.50. The molecule has 0 aliphatic rings. The highest BCUT2D eigenvalue weighted by Crippen LogP contribution is 2.27. The van der Waals surface area contributed by atoms with Crippen LogP contribution in [0.1, 0.15) is 16.8 Å². The van der Waals surface area contributed by atoms with Crippen LogP contribution in [-0.2, 0) is 12.7 Å². The fraction of sp³-hybridized carbons (Fsp3) is 0.167. The van der Waals surface area contributed by atoms with E-state index < -0.39 is 17.7 Å². The van der Waals surface area contributed by atoms with Gasteiger partial charge < -0.3 is 5.73 Å². The smallest absolute Gasteiger partial charge is 0.389 e. The lowest BCUT2D eigenvalue weighted by Crippen LogP contribution is -2.12. The molecule has 0 unspecified atom stereocenters. The van der Waals surface area contributed by atoms with Crippen LogP contribution in [0.2, 0.25) is 0 Å². The Morgan fingerprint density at radius 2 is 2.00 bits per heavy atom. The predicted octanol–water partition coefficient (Wildman–Crippen LogP) is 2.72. The van der Waals surface area contributed by atoms with E-state index >= 15 is 0 Å². The van der Waals surface area contributed by atoms with E-state index in [0.29, 0.717) is 11.1 Å². The Bertz CT molecular complexity index is 648. The van der Waals surface area contributed by atoms with E-state index in [4.69, 9.17) is 18.0 Å². The molecule has 0 amide bonds. The van der Waals surface area contributed by atoms with Gasteiger partial charge in [-0.2, -0.15) is 18.3 Å². The number of aromatic nitrogens is 2. The van der Waals surface area contributed by atoms with Gasteiger partial charge in [-0.25, -0.2) is 4.39 Å². The molecule has 0 bridgehead atoms. The molecule has 0 aliphatic heterocycles. The highest BCUT2D eigenvalue weighted by Gasteiger charge is 2.33. The molecule has 3 nitrogen and oxygen atoms in total. The number of halogens is 4. The number of alkyl halides is 3. The first-order valence-corrected chi connectivity index (χ1v) is 5.86. The average Bonchev–Trinajstić information content (AvgIpc) is 2.76. The summed E-state index contributed by atoms with van der Waals surface area (Å²) in [6, 6.07) is 4.72. The Labute approximate surface area is 117 Å². The molecular formula is C12H9F4N3S. The minimum absolute atomic E-state index is 0.0105. The fourth-order valence-corrected chi connectivity index (χ4v) is 1.79. The molecule has 0 radical (unpaired) electrons. The summed E-state index contributed by atoms with van der Waals surface area (Å²) in [5.74, 6) is -0.562. The quantitative estimate of drug-likeness (QED) is 0.700. The van der Waals surface area contributed by atoms with Crippen LogP contribution in [0.15, 0.2) is 30.5 Å². The highest BCUT2D eigenvalue weighted by molar-refractivity contribution is 7.80. The largest absolute Gasteiger partial charge is 0.435 e. The van der Waals surface area contributed by atoms with Crippen molar-refractivity contribution in [2.45, 2.75) is 12.7 Å². The van der Waals surface area contributed by atoms with Crippen LogP contribution in [0.5, 0.6) is 0 Å². The minimum Gasteiger partial charge on any atom is -0.389 e. The summed E-state index contributed by atoms with van der Waals surface area (Å²) in [5.41, 5.74) is 5.14. The summed E-state index contributed by atoms with van der Waals surface area (Å²) in [4.78, 5) is 0.0159. The Morgan fingerprint density at radius 3 is 2.55 bits per heavy atom. The molecule has 0 aliphatic carbocycles. The van der Waals surface area contributed by atoms with Gasteiger partial charge in [-0.1, -0.05) is 12.2 Å². The number of rotatable bonds is 3. The number of hydrogen-bond acceptors (Lipinski definition) is 2. The standard InChI is InChI=1S/C12H9F4N3S/c13-9-4-7(3-8(5-9)11(17)20)6-19-2-1-10(18-19)12(14,15)16/h1-5H,6H2,(H2,17,20). The normalized spacial score (nSPS) is 11.6. The van der Waals surface area contributed by atoms with Gasteiger partial charge in [0.05, 0.1) is 6.54 Å². The zero-order valence-electron chi connectivity index (χ0n) is 9.99. The third-order valence-electron chi connectivity index (χ3n) is 2.52. The van der Waals surface area contributed by atoms with E-state index in [9.17, 15) is 17.6 Å². The molecule has 2 rings (SSSR count). The number of thiocarbonyl (C=S) groups is 1. The third-order valence-corrected chi connectivity index (χ3v) is 2.75. The van der Waals surface area contributed by atoms with Crippen molar-refractivity contribution in [3.8, 4) is 0 Å². The van der Waals surface area contributed by atoms with Crippen molar-refractivity contribution in [2.24, 2.45) is 5.73 Å². The van der Waals surface area contributed by atoms with Gasteiger partial charge in [0.1, 0.15) is 10.8 Å². The van der Waals surface area contributed by atoms with Crippen molar-refractivity contribution in [1.82, 2.24) is 9.78 Å². The monoisotopic (exact) mass is 303 g/mol. The first kappa shape index (κ1) is 14.4. The second kappa shape index (κ2) is 5.20. The van der Waals surface area contributed by atoms with E-state index in [1.165, 1.54) is 18.3 Å². The molecule has 0 fully saturated rings. The zero-order valence-corrected chi connectivity index (χ0v) is 10.8. The Hall–Kier alpha value is -1.96. The van der Waals surface area contributed by atoms with Crippen molar-refractivity contribution in [1.29, 1.82) is 0 Å². The molecule has 0 saturated heterocycles. The Balaban J connectivity index is 2.26. The van der Waals surface area contributed by atoms with Crippen LogP contribution in [0, 0.1) is 5.82 Å². The molecule has 0 atom stereocenters. The number of nitrogens with zero attached hydrogens (tertiary/aromatic N) is 2. The van der Waals surface area contributed by atoms with Crippen molar-refractivity contribution >= 4 is 17.2 Å². The molecule has 0 spiro atoms. The highest BCUT2D eigenvalue weighted by atomic mass is 32.1. The molecule has 106 valence electrons. The molecule has 2 aromatic rings. The summed E-state index contributed by atoms with van der Waals surface area (Å²) in [5, 5.41) is 3.39. The van der Waals surface area contributed by atoms with Gasteiger partial charge in [0, 0.05) is 11.8 Å². The van der Waals surface area contributed by atoms with Gasteiger partial charge in [-0.05, 0) is 29.8 Å². The van der Waals surface area contributed by atoms with Crippen molar-refractivity contribution < 1.29 is 17.6 Å². The topological polar surface area (TPSA) is 43.8 Å². The zero-order chi connectivity index (χ0) is 14.9. The Kier molecular flexibility index (Phi) is 3.76. The first-order valence-electron chi connectivity index (χ1n) is 5.45. The molecule has 20 heavy (non-hydrogen) atoms. The van der Waals surface area contributed by atoms with Crippen LogP contribution >= 0.6 is 12.2 Å². The molecule has 0 saturated carbocycles. The van der Waals surface area contributed by atoms with Gasteiger partial charge in [0.25, 0.3) is 0 Å². The SMILES string of the molecule is NC(=S)c1cc(F)cc(Cn2ccc(C(F)(F)F)n2)c1. The van der Waals surface area contributed by atoms with Crippen LogP contribution in [0.25, 0.3) is 0 Å². The first-order chi connectivity index (χ1) is 9.25. The fourth-order valence-electron chi connectivity index (χ4n) is 1.67. The maximum Gasteiger partial charge on any atom is 0.435 e. The lowest BCUT2D eigenvalue weighted by molar-refractivity contribution is -0.141. The number of nitrogens with two attached hydrogens (primary N) is 1. The average molecular weight is 303 g/mol. The molecule has 1 heterocycles. The number of hydrogen-bond donors (Lipinski definition) is 1. The Morgan fingerprint density at radius 1 is 1.30 bits per heavy atom. The number of benzene rings is 1. The summed E-state index contributed by atoms with van der Waals surface area (Å²) < 4.78 is 51.6. The summed E-state index contributed by atoms with van der Waals surface area (Å²) >= 11 is 4.74. The summed E-state index contributed by atoms with van der Waals surface area (Å²) in [6.07, 6.45) is -3.33. The van der Waals surface area contributed by atoms with Crippen LogP contribution in [-0.4, -0.2) is 14.8 Å². The second-order valence-corrected chi connectivity index (χ2v) is 4.55. The van der Waals surface area contributed by atoms with E-state index in [1.807, 2.05) is 0 Å². The van der Waals surface area contributed by atoms with Gasteiger partial charge in [-0.15, -0.1) is 0 Å². The summed E-state index contributed by atoms with van der Waals surface area (Å²) in [6.45, 7) is -0.0105. The van der Waals surface area contributed by atoms with Gasteiger partial charge >= 0.3 is 6.18 Å². The molecule has 1 aromatic carbocycles. The van der Waals surface area contributed by atoms with Crippen LogP contribution in [0.3, 0.4) is 0 Å². The van der Waals surface area contributed by atoms with Crippen molar-refractivity contribution in [2.75, 3.05) is 0 Å². The maximum atomic E-state index is 13.4. The van der Waals surface area contributed by atoms with Crippen molar-refractivity contribution in [3.63, 3.8) is 0 Å². The molecule has 2 N–H and O–H groups in total. The van der Waals surface area contributed by atoms with E-state index in [-0.39, 0.29) is 11.5 Å². The maximum absolute atomic E-state index is 13.4. The third kappa shape index (κ3) is 3.32. The lowest BCUT2D eigenvalue weighted by Gasteiger charge is -2.06. The molecular weight excluding hydrogens is 294 g/mol. The van der Waals surface area contributed by atoms with E-state index in [2.05, 4.69) is 5.10 Å². The van der Waals surface area contributed by atoms with E-state index in [1.54, 1.807) is 0 Å². The predicted molar refractivity (Wildman–Crippen MR) is 68.6 cm³/mol. The van der Waals surface area contributed by atoms with Gasteiger partial charge in [-0.3, -0.25) is 4.68 Å². The van der Waals surface area contributed by atoms with Crippen LogP contribution < -0.4 is 5.73 Å². The second-order valence-electron chi connectivity index (χ2n) is 4.11. The molecule has 1 aromatic heterocycles. The summed E-state index contributed by atoms with van der Waals surface area (Å²) in [7, 11) is 0. The lowest BCUT2D eigenvalue weighted by atomic mass is 10.1. The van der Waals surface area contributed by atoms with Gasteiger partial charge in [0.15, 0.2) is 5.69 Å². The van der Waals surface area contributed by atoms with E-state index in [0.717, 1.165) is 16.8 Å². The van der Waals surface area contributed by atoms with Crippen molar-refractivity contribution in [3.05, 3.63) is 53.1 Å². The van der Waals surface area contributed by atoms with Gasteiger partial charge in [0.2, 0.25) is 0 Å². The molecule has 8 heteroatoms.